The molecule has 2 fully saturated rings. The van der Waals surface area contributed by atoms with Crippen molar-refractivity contribution >= 4 is 35.5 Å². The van der Waals surface area contributed by atoms with Crippen LogP contribution in [0.15, 0.2) is 30.9 Å². The van der Waals surface area contributed by atoms with Crippen LogP contribution < -0.4 is 11.9 Å². The van der Waals surface area contributed by atoms with Gasteiger partial charge < -0.3 is 31.1 Å². The van der Waals surface area contributed by atoms with Crippen molar-refractivity contribution in [2.24, 2.45) is 0 Å². The van der Waals surface area contributed by atoms with Crippen molar-refractivity contribution in [2.75, 3.05) is 12.3 Å². The number of aromatic nitrogens is 5. The Bertz CT molecular complexity index is 1100. The van der Waals surface area contributed by atoms with Gasteiger partial charge in [0.2, 0.25) is 0 Å². The second-order valence-electron chi connectivity index (χ2n) is 6.37. The van der Waals surface area contributed by atoms with Gasteiger partial charge >= 0.3 is 6.72 Å². The molecule has 5 rings (SSSR count). The summed E-state index contributed by atoms with van der Waals surface area (Å²) in [6.45, 7) is -3.40. The first kappa shape index (κ1) is 20.2. The third-order valence-corrected chi connectivity index (χ3v) is 6.21. The van der Waals surface area contributed by atoms with Crippen molar-refractivity contribution in [3.05, 3.63) is 30.9 Å². The number of rotatable bonds is 2. The number of pyridine rings is 1. The van der Waals surface area contributed by atoms with Gasteiger partial charge in [0.25, 0.3) is 0 Å². The van der Waals surface area contributed by atoms with E-state index in [1.165, 1.54) is 6.33 Å². The molecule has 0 aliphatic carbocycles. The summed E-state index contributed by atoms with van der Waals surface area (Å²) in [4.78, 5) is 26.9. The molecule has 0 saturated carbocycles. The van der Waals surface area contributed by atoms with Crippen molar-refractivity contribution in [1.82, 2.24) is 30.7 Å². The maximum absolute atomic E-state index is 10.9. The molecule has 0 spiro atoms. The number of anilines is 1. The highest BCUT2D eigenvalue weighted by Crippen LogP contribution is 2.53. The molecule has 3 aromatic rings. The minimum atomic E-state index is -3.41. The molecule has 29 heavy (non-hydrogen) atoms. The summed E-state index contributed by atoms with van der Waals surface area (Å²) >= 11 is 4.90. The molecule has 5 atom stereocenters. The molecular formula is C15H18N7O5PS. The van der Waals surface area contributed by atoms with Crippen LogP contribution in [0.4, 0.5) is 5.82 Å². The van der Waals surface area contributed by atoms with Crippen LogP contribution in [0.1, 0.15) is 6.23 Å². The van der Waals surface area contributed by atoms with E-state index >= 15 is 0 Å². The fourth-order valence-electron chi connectivity index (χ4n) is 3.41. The Morgan fingerprint density at radius 1 is 1.34 bits per heavy atom. The highest BCUT2D eigenvalue weighted by molar-refractivity contribution is 8.07. The Kier molecular flexibility index (Phi) is 5.09. The van der Waals surface area contributed by atoms with E-state index in [1.54, 1.807) is 23.0 Å². The van der Waals surface area contributed by atoms with Gasteiger partial charge in [-0.05, 0) is 23.9 Å². The number of nitrogens with two attached hydrogens (primary N) is 1. The van der Waals surface area contributed by atoms with Gasteiger partial charge in [0.1, 0.15) is 30.5 Å². The average molecular weight is 439 g/mol. The number of nitrogens with zero attached hydrogens (tertiary/aromatic N) is 5. The van der Waals surface area contributed by atoms with E-state index in [2.05, 4.69) is 19.9 Å². The zero-order chi connectivity index (χ0) is 19.5. The zero-order valence-corrected chi connectivity index (χ0v) is 16.6. The minimum Gasteiger partial charge on any atom is -0.386 e. The number of hydrogen-bond acceptors (Lipinski definition) is 11. The van der Waals surface area contributed by atoms with Crippen LogP contribution >= 0.6 is 6.72 Å². The molecule has 0 amide bonds. The highest BCUT2D eigenvalue weighted by atomic mass is 32.5. The van der Waals surface area contributed by atoms with Crippen LogP contribution in [-0.2, 0) is 25.6 Å². The highest BCUT2D eigenvalue weighted by Gasteiger charge is 2.51. The number of fused-ring (bicyclic) bond motifs is 2. The van der Waals surface area contributed by atoms with E-state index in [4.69, 9.17) is 31.3 Å². The summed E-state index contributed by atoms with van der Waals surface area (Å²) in [5.41, 5.74) is 7.40. The van der Waals surface area contributed by atoms with Crippen LogP contribution in [-0.4, -0.2) is 59.4 Å². The third-order valence-electron chi connectivity index (χ3n) is 4.65. The Balaban J connectivity index is 0.00000205. The Labute approximate surface area is 169 Å². The lowest BCUT2D eigenvalue weighted by Gasteiger charge is -2.30. The van der Waals surface area contributed by atoms with Gasteiger partial charge in [0.05, 0.1) is 6.61 Å². The van der Waals surface area contributed by atoms with Crippen LogP contribution in [0, 0.1) is 0 Å². The number of nitrogen functional groups attached to an aromatic ring is 1. The predicted molar refractivity (Wildman–Crippen MR) is 105 cm³/mol. The van der Waals surface area contributed by atoms with E-state index in [-0.39, 0.29) is 18.6 Å². The van der Waals surface area contributed by atoms with Gasteiger partial charge in [-0.15, -0.1) is 0 Å². The molecule has 0 radical (unpaired) electrons. The molecule has 154 valence electrons. The second kappa shape index (κ2) is 7.31. The lowest BCUT2D eigenvalue weighted by Crippen LogP contribution is -2.39. The van der Waals surface area contributed by atoms with E-state index in [9.17, 15) is 10.00 Å². The van der Waals surface area contributed by atoms with Crippen LogP contribution in [0.3, 0.4) is 0 Å². The fourth-order valence-corrected chi connectivity index (χ4v) is 4.86. The summed E-state index contributed by atoms with van der Waals surface area (Å²) < 4.78 is 18.2. The zero-order valence-electron chi connectivity index (χ0n) is 14.9. The number of aliphatic hydroxyl groups is 1. The maximum atomic E-state index is 10.9. The Morgan fingerprint density at radius 3 is 2.93 bits per heavy atom. The van der Waals surface area contributed by atoms with Crippen molar-refractivity contribution in [3.8, 4) is 11.4 Å². The molecule has 2 saturated heterocycles. The molecule has 5 heterocycles. The predicted octanol–water partition coefficient (Wildman–Crippen LogP) is 0.523. The molecule has 2 aliphatic heterocycles. The topological polar surface area (TPSA) is 186 Å². The molecule has 0 bridgehead atoms. The lowest BCUT2D eigenvalue weighted by atomic mass is 10.1. The number of aliphatic hydroxyl groups excluding tert-OH is 1. The first-order valence-electron chi connectivity index (χ1n) is 8.33. The second-order valence-corrected chi connectivity index (χ2v) is 9.16. The number of hydrogen-bond donors (Lipinski definition) is 4. The van der Waals surface area contributed by atoms with E-state index in [1.807, 2.05) is 6.07 Å². The summed E-state index contributed by atoms with van der Waals surface area (Å²) in [6.07, 6.45) is 1.07. The summed E-state index contributed by atoms with van der Waals surface area (Å²) in [5, 5.41) is 10.9. The van der Waals surface area contributed by atoms with Crippen molar-refractivity contribution in [3.63, 3.8) is 0 Å². The summed E-state index contributed by atoms with van der Waals surface area (Å²) in [5.74, 6) is 0.645. The summed E-state index contributed by atoms with van der Waals surface area (Å²) in [6, 6.07) is 3.58. The first-order valence-corrected chi connectivity index (χ1v) is 10.9. The SMILES string of the molecule is N.Nc1ncnc2c1nc(-c1cccnc1)n2[C@@H]1O[C@@H]2COP(O)(=S)O[C@H]2[C@H]1O. The van der Waals surface area contributed by atoms with E-state index in [0.29, 0.717) is 22.6 Å². The number of imidazole rings is 1. The van der Waals surface area contributed by atoms with Crippen molar-refractivity contribution < 1.29 is 23.8 Å². The van der Waals surface area contributed by atoms with Crippen LogP contribution in [0.5, 0.6) is 0 Å². The average Bonchev–Trinajstić information content (AvgIpc) is 3.21. The van der Waals surface area contributed by atoms with Crippen molar-refractivity contribution in [1.29, 1.82) is 0 Å². The van der Waals surface area contributed by atoms with Gasteiger partial charge in [-0.25, -0.2) is 15.0 Å². The molecule has 7 N–H and O–H groups in total. The molecule has 0 aromatic carbocycles. The molecule has 3 aromatic heterocycles. The first-order chi connectivity index (χ1) is 13.4. The van der Waals surface area contributed by atoms with Gasteiger partial charge in [-0.2, -0.15) is 0 Å². The Morgan fingerprint density at radius 2 is 2.17 bits per heavy atom. The van der Waals surface area contributed by atoms with Crippen molar-refractivity contribution in [2.45, 2.75) is 24.5 Å². The standard InChI is InChI=1S/C15H15N6O5PS.H3N/c16-12-9-14(19-6-18-12)21(13(20-9)7-2-1-3-17-4-7)15-10(22)11-8(25-15)5-24-27(23,28)26-11;/h1-4,6,8,10-11,15,22H,5H2,(H,23,28)(H2,16,18,19);1H3/t8-,10-,11-,15-,27?;/m1./s1. The van der Waals surface area contributed by atoms with Crippen LogP contribution in [0.25, 0.3) is 22.6 Å². The van der Waals surface area contributed by atoms with Gasteiger partial charge in [-0.1, -0.05) is 0 Å². The third kappa shape index (κ3) is 3.31. The summed E-state index contributed by atoms with van der Waals surface area (Å²) in [7, 11) is 0. The van der Waals surface area contributed by atoms with Gasteiger partial charge in [-0.3, -0.25) is 14.1 Å². The Hall–Kier alpha value is -2.09. The molecule has 14 heteroatoms. The molecule has 12 nitrogen and oxygen atoms in total. The largest absolute Gasteiger partial charge is 0.386 e. The molecular weight excluding hydrogens is 421 g/mol. The van der Waals surface area contributed by atoms with Gasteiger partial charge in [0, 0.05) is 18.0 Å². The van der Waals surface area contributed by atoms with E-state index < -0.39 is 31.3 Å². The van der Waals surface area contributed by atoms with Crippen LogP contribution in [0.2, 0.25) is 0 Å². The molecule has 1 unspecified atom stereocenters. The van der Waals surface area contributed by atoms with Gasteiger partial charge in [0.15, 0.2) is 23.2 Å². The lowest BCUT2D eigenvalue weighted by molar-refractivity contribution is -0.0588. The minimum absolute atomic E-state index is 0. The quantitative estimate of drug-likeness (QED) is 0.406. The smallest absolute Gasteiger partial charge is 0.325 e. The maximum Gasteiger partial charge on any atom is 0.325 e. The number of ether oxygens (including phenoxy) is 1. The van der Waals surface area contributed by atoms with E-state index in [0.717, 1.165) is 0 Å². The molecule has 2 aliphatic rings. The fraction of sp³-hybridized carbons (Fsp3) is 0.333. The monoisotopic (exact) mass is 439 g/mol. The normalized spacial score (nSPS) is 31.4.